The molecule has 0 saturated heterocycles. The van der Waals surface area contributed by atoms with Crippen molar-refractivity contribution in [3.63, 3.8) is 0 Å². The van der Waals surface area contributed by atoms with Crippen LogP contribution in [0.25, 0.3) is 0 Å². The second kappa shape index (κ2) is 16.0. The fourth-order valence-corrected chi connectivity index (χ4v) is 7.96. The first-order valence-electron chi connectivity index (χ1n) is 16.3. The van der Waals surface area contributed by atoms with E-state index in [2.05, 4.69) is 5.32 Å². The number of nitrogens with one attached hydrogen (secondary N) is 1. The van der Waals surface area contributed by atoms with Crippen LogP contribution in [0.4, 0.5) is 5.69 Å². The third-order valence-electron chi connectivity index (χ3n) is 8.97. The number of sulfonamides is 1. The highest BCUT2D eigenvalue weighted by Gasteiger charge is 2.35. The molecule has 1 fully saturated rings. The lowest BCUT2D eigenvalue weighted by Crippen LogP contribution is -2.55. The molecule has 0 unspecified atom stereocenters. The molecule has 0 bridgehead atoms. The van der Waals surface area contributed by atoms with Crippen LogP contribution in [-0.4, -0.2) is 43.8 Å². The molecule has 4 aromatic carbocycles. The molecule has 4 aromatic rings. The number of benzene rings is 4. The molecular formula is C38H41Cl2N3O4S. The molecule has 48 heavy (non-hydrogen) atoms. The van der Waals surface area contributed by atoms with Gasteiger partial charge in [-0.2, -0.15) is 0 Å². The first-order valence-corrected chi connectivity index (χ1v) is 18.5. The third-order valence-corrected chi connectivity index (χ3v) is 11.3. The number of amides is 2. The van der Waals surface area contributed by atoms with E-state index in [1.54, 1.807) is 48.5 Å². The van der Waals surface area contributed by atoms with Gasteiger partial charge in [0, 0.05) is 29.1 Å². The third kappa shape index (κ3) is 8.78. The van der Waals surface area contributed by atoms with E-state index in [-0.39, 0.29) is 29.8 Å². The van der Waals surface area contributed by atoms with Gasteiger partial charge in [-0.3, -0.25) is 13.9 Å². The van der Waals surface area contributed by atoms with Crippen molar-refractivity contribution in [3.05, 3.63) is 129 Å². The molecule has 1 N–H and O–H groups in total. The highest BCUT2D eigenvalue weighted by Crippen LogP contribution is 2.29. The number of carbonyl (C=O) groups is 2. The summed E-state index contributed by atoms with van der Waals surface area (Å²) in [6.07, 6.45) is 5.15. The molecule has 10 heteroatoms. The zero-order valence-corrected chi connectivity index (χ0v) is 29.6. The summed E-state index contributed by atoms with van der Waals surface area (Å²) in [6.45, 7) is 3.27. The van der Waals surface area contributed by atoms with Gasteiger partial charge in [-0.15, -0.1) is 0 Å². The summed E-state index contributed by atoms with van der Waals surface area (Å²) in [5.41, 5.74) is 3.67. The van der Waals surface area contributed by atoms with E-state index in [0.29, 0.717) is 21.3 Å². The standard InChI is InChI=1S/C38H41Cl2N3O4S/c1-27-18-21-33(22-28(27)2)43(48(46,47)34-16-10-5-11-17-34)26-37(44)42(25-30-19-20-31(39)24-35(30)40)36(23-29-12-6-3-7-13-29)38(45)41-32-14-8-4-9-15-32/h3,5-7,10-13,16-22,24,32,36H,4,8-9,14-15,23,25-26H2,1-2H3,(H,41,45)/t36-/m0/s1. The molecule has 1 aliphatic carbocycles. The zero-order valence-electron chi connectivity index (χ0n) is 27.2. The Morgan fingerprint density at radius 3 is 2.15 bits per heavy atom. The van der Waals surface area contributed by atoms with Gasteiger partial charge in [-0.25, -0.2) is 8.42 Å². The van der Waals surface area contributed by atoms with Crippen LogP contribution in [0.5, 0.6) is 0 Å². The van der Waals surface area contributed by atoms with Gasteiger partial charge in [0.1, 0.15) is 12.6 Å². The van der Waals surface area contributed by atoms with Gasteiger partial charge in [0.15, 0.2) is 0 Å². The van der Waals surface area contributed by atoms with Crippen molar-refractivity contribution in [3.8, 4) is 0 Å². The SMILES string of the molecule is Cc1ccc(N(CC(=O)N(Cc2ccc(Cl)cc2Cl)[C@@H](Cc2ccccc2)C(=O)NC2CCCCC2)S(=O)(=O)c2ccccc2)cc1C. The first-order chi connectivity index (χ1) is 23.0. The summed E-state index contributed by atoms with van der Waals surface area (Å²) >= 11 is 12.8. The average Bonchev–Trinajstić information content (AvgIpc) is 3.08. The van der Waals surface area contributed by atoms with E-state index in [0.717, 1.165) is 53.1 Å². The molecule has 252 valence electrons. The maximum atomic E-state index is 14.7. The summed E-state index contributed by atoms with van der Waals surface area (Å²) in [5, 5.41) is 4.00. The highest BCUT2D eigenvalue weighted by atomic mass is 35.5. The fourth-order valence-electron chi connectivity index (χ4n) is 6.06. The molecular weight excluding hydrogens is 665 g/mol. The van der Waals surface area contributed by atoms with E-state index in [1.807, 2.05) is 50.2 Å². The number of anilines is 1. The Morgan fingerprint density at radius 2 is 1.50 bits per heavy atom. The van der Waals surface area contributed by atoms with E-state index in [4.69, 9.17) is 23.2 Å². The van der Waals surface area contributed by atoms with E-state index < -0.39 is 28.5 Å². The summed E-state index contributed by atoms with van der Waals surface area (Å²) < 4.78 is 29.6. The Bertz CT molecular complexity index is 1830. The largest absolute Gasteiger partial charge is 0.352 e. The average molecular weight is 707 g/mol. The van der Waals surface area contributed by atoms with Crippen LogP contribution >= 0.6 is 23.2 Å². The van der Waals surface area contributed by atoms with Gasteiger partial charge in [0.05, 0.1) is 10.6 Å². The lowest BCUT2D eigenvalue weighted by atomic mass is 9.94. The molecule has 0 aromatic heterocycles. The first kappa shape index (κ1) is 35.5. The van der Waals surface area contributed by atoms with Crippen LogP contribution in [-0.2, 0) is 32.6 Å². The van der Waals surface area contributed by atoms with Gasteiger partial charge in [-0.1, -0.05) is 103 Å². The molecule has 0 radical (unpaired) electrons. The van der Waals surface area contributed by atoms with Gasteiger partial charge < -0.3 is 10.2 Å². The minimum Gasteiger partial charge on any atom is -0.352 e. The van der Waals surface area contributed by atoms with Crippen molar-refractivity contribution < 1.29 is 18.0 Å². The molecule has 2 amide bonds. The Balaban J connectivity index is 1.59. The molecule has 5 rings (SSSR count). The minimum absolute atomic E-state index is 0.00563. The monoisotopic (exact) mass is 705 g/mol. The van der Waals surface area contributed by atoms with E-state index in [1.165, 1.54) is 17.0 Å². The fraction of sp³-hybridized carbons (Fsp3) is 0.316. The summed E-state index contributed by atoms with van der Waals surface area (Å²) in [5.74, 6) is -0.827. The molecule has 7 nitrogen and oxygen atoms in total. The Hall–Kier alpha value is -3.85. The van der Waals surface area contributed by atoms with Crippen molar-refractivity contribution in [2.24, 2.45) is 0 Å². The molecule has 0 spiro atoms. The lowest BCUT2D eigenvalue weighted by Gasteiger charge is -2.35. The van der Waals surface area contributed by atoms with Crippen LogP contribution in [0.3, 0.4) is 0 Å². The van der Waals surface area contributed by atoms with Crippen LogP contribution in [0.1, 0.15) is 54.4 Å². The van der Waals surface area contributed by atoms with E-state index >= 15 is 0 Å². The number of carbonyl (C=O) groups excluding carboxylic acids is 2. The predicted molar refractivity (Wildman–Crippen MR) is 193 cm³/mol. The van der Waals surface area contributed by atoms with Crippen molar-refractivity contribution >= 4 is 50.7 Å². The van der Waals surface area contributed by atoms with Gasteiger partial charge in [0.2, 0.25) is 11.8 Å². The molecule has 0 heterocycles. The second-order valence-corrected chi connectivity index (χ2v) is 15.1. The number of hydrogen-bond acceptors (Lipinski definition) is 4. The highest BCUT2D eigenvalue weighted by molar-refractivity contribution is 7.92. The van der Waals surface area contributed by atoms with Crippen LogP contribution in [0.15, 0.2) is 102 Å². The van der Waals surface area contributed by atoms with Gasteiger partial charge in [0.25, 0.3) is 10.0 Å². The van der Waals surface area contributed by atoms with Crippen molar-refractivity contribution in [1.82, 2.24) is 10.2 Å². The zero-order chi connectivity index (χ0) is 34.3. The molecule has 0 aliphatic heterocycles. The number of nitrogens with zero attached hydrogens (tertiary/aromatic N) is 2. The smallest absolute Gasteiger partial charge is 0.264 e. The van der Waals surface area contributed by atoms with Crippen molar-refractivity contribution in [2.75, 3.05) is 10.8 Å². The number of rotatable bonds is 12. The summed E-state index contributed by atoms with van der Waals surface area (Å²) in [6, 6.07) is 26.9. The maximum absolute atomic E-state index is 14.7. The Morgan fingerprint density at radius 1 is 0.833 bits per heavy atom. The number of halogens is 2. The van der Waals surface area contributed by atoms with Gasteiger partial charge in [-0.05, 0) is 85.3 Å². The number of hydrogen-bond donors (Lipinski definition) is 1. The molecule has 1 aliphatic rings. The molecule has 1 saturated carbocycles. The second-order valence-electron chi connectivity index (χ2n) is 12.4. The van der Waals surface area contributed by atoms with Crippen molar-refractivity contribution in [2.45, 2.75) is 75.9 Å². The quantitative estimate of drug-likeness (QED) is 0.162. The van der Waals surface area contributed by atoms with E-state index in [9.17, 15) is 18.0 Å². The maximum Gasteiger partial charge on any atom is 0.264 e. The predicted octanol–water partition coefficient (Wildman–Crippen LogP) is 7.89. The lowest BCUT2D eigenvalue weighted by molar-refractivity contribution is -0.140. The molecule has 1 atom stereocenters. The van der Waals surface area contributed by atoms with Crippen LogP contribution in [0, 0.1) is 13.8 Å². The minimum atomic E-state index is -4.18. The normalized spacial score (nSPS) is 14.2. The van der Waals surface area contributed by atoms with Crippen LogP contribution < -0.4 is 9.62 Å². The summed E-state index contributed by atoms with van der Waals surface area (Å²) in [7, 11) is -4.18. The number of aryl methyl sites for hydroxylation is 2. The van der Waals surface area contributed by atoms with Crippen molar-refractivity contribution in [1.29, 1.82) is 0 Å². The Kier molecular flexibility index (Phi) is 11.8. The Labute approximate surface area is 293 Å². The van der Waals surface area contributed by atoms with Gasteiger partial charge >= 0.3 is 0 Å². The summed E-state index contributed by atoms with van der Waals surface area (Å²) in [4.78, 5) is 30.5. The van der Waals surface area contributed by atoms with Crippen LogP contribution in [0.2, 0.25) is 10.0 Å². The topological polar surface area (TPSA) is 86.8 Å².